The minimum absolute atomic E-state index is 0.184. The van der Waals surface area contributed by atoms with Gasteiger partial charge in [0.05, 0.1) is 0 Å². The van der Waals surface area contributed by atoms with Crippen LogP contribution in [0.25, 0.3) is 0 Å². The zero-order valence-electron chi connectivity index (χ0n) is 24.0. The van der Waals surface area contributed by atoms with Crippen LogP contribution in [0.15, 0.2) is 60.7 Å². The molecule has 0 amide bonds. The van der Waals surface area contributed by atoms with E-state index >= 15 is 0 Å². The van der Waals surface area contributed by atoms with Gasteiger partial charge in [-0.05, 0) is 64.4 Å². The number of ether oxygens (including phenoxy) is 4. The molecule has 39 heavy (non-hydrogen) atoms. The molecule has 8 heteroatoms. The number of nitrogens with zero attached hydrogens (tertiary/aromatic N) is 2. The average molecular weight is 541 g/mol. The van der Waals surface area contributed by atoms with E-state index in [9.17, 15) is 9.59 Å². The van der Waals surface area contributed by atoms with Gasteiger partial charge in [0.25, 0.3) is 0 Å². The van der Waals surface area contributed by atoms with Crippen molar-refractivity contribution in [3.8, 4) is 0 Å². The quantitative estimate of drug-likeness (QED) is 0.253. The topological polar surface area (TPSA) is 77.5 Å². The molecule has 1 fully saturated rings. The van der Waals surface area contributed by atoms with Crippen molar-refractivity contribution in [3.05, 3.63) is 71.8 Å². The van der Waals surface area contributed by atoms with Crippen molar-refractivity contribution < 1.29 is 28.5 Å². The summed E-state index contributed by atoms with van der Waals surface area (Å²) in [6.45, 7) is 7.87. The first-order valence-corrected chi connectivity index (χ1v) is 14.0. The van der Waals surface area contributed by atoms with E-state index in [4.69, 9.17) is 18.9 Å². The fraction of sp³-hybridized carbons (Fsp3) is 0.548. The van der Waals surface area contributed by atoms with Crippen molar-refractivity contribution >= 4 is 12.1 Å². The molecule has 1 heterocycles. The molecule has 3 atom stereocenters. The summed E-state index contributed by atoms with van der Waals surface area (Å²) in [5, 5.41) is 0. The highest BCUT2D eigenvalue weighted by Gasteiger charge is 2.47. The predicted molar refractivity (Wildman–Crippen MR) is 150 cm³/mol. The minimum atomic E-state index is -1.63. The highest BCUT2D eigenvalue weighted by Crippen LogP contribution is 2.37. The van der Waals surface area contributed by atoms with Gasteiger partial charge in [-0.3, -0.25) is 4.90 Å². The molecule has 0 aromatic heterocycles. The number of carbonyl (C=O) groups is 2. The summed E-state index contributed by atoms with van der Waals surface area (Å²) in [5.41, 5.74) is -0.443. The molecule has 1 saturated heterocycles. The molecule has 0 radical (unpaired) electrons. The Bertz CT molecular complexity index is 977. The molecule has 0 aliphatic carbocycles. The van der Waals surface area contributed by atoms with Crippen LogP contribution >= 0.6 is 0 Å². The smallest absolute Gasteiger partial charge is 0.460 e. The monoisotopic (exact) mass is 540 g/mol. The van der Waals surface area contributed by atoms with E-state index in [1.165, 1.54) is 0 Å². The molecule has 3 rings (SSSR count). The van der Waals surface area contributed by atoms with Gasteiger partial charge in [-0.25, -0.2) is 9.59 Å². The maximum absolute atomic E-state index is 14.2. The molecule has 0 saturated carbocycles. The van der Waals surface area contributed by atoms with Crippen molar-refractivity contribution in [1.29, 1.82) is 0 Å². The fourth-order valence-corrected chi connectivity index (χ4v) is 5.30. The number of esters is 1. The lowest BCUT2D eigenvalue weighted by molar-refractivity contribution is -0.189. The summed E-state index contributed by atoms with van der Waals surface area (Å²) in [6, 6.07) is 19.1. The predicted octanol–water partition coefficient (Wildman–Crippen LogP) is 5.20. The molecule has 0 bridgehead atoms. The molecule has 8 nitrogen and oxygen atoms in total. The molecule has 2 aromatic carbocycles. The number of hydrogen-bond acceptors (Lipinski definition) is 8. The van der Waals surface area contributed by atoms with Crippen molar-refractivity contribution in [1.82, 2.24) is 9.80 Å². The summed E-state index contributed by atoms with van der Waals surface area (Å²) in [6.07, 6.45) is 2.47. The third kappa shape index (κ3) is 8.03. The second-order valence-corrected chi connectivity index (χ2v) is 10.4. The summed E-state index contributed by atoms with van der Waals surface area (Å²) in [5.74, 6) is -0.527. The van der Waals surface area contributed by atoms with Crippen molar-refractivity contribution in [2.75, 3.05) is 40.6 Å². The second-order valence-electron chi connectivity index (χ2n) is 10.4. The number of benzene rings is 2. The van der Waals surface area contributed by atoms with E-state index in [-0.39, 0.29) is 12.7 Å². The lowest BCUT2D eigenvalue weighted by Gasteiger charge is -2.44. The van der Waals surface area contributed by atoms with Crippen LogP contribution in [0.4, 0.5) is 4.79 Å². The van der Waals surface area contributed by atoms with Crippen molar-refractivity contribution in [2.45, 2.75) is 70.2 Å². The van der Waals surface area contributed by atoms with E-state index < -0.39 is 24.5 Å². The molecular formula is C31H44N2O6. The van der Waals surface area contributed by atoms with Gasteiger partial charge in [0.1, 0.15) is 12.7 Å². The van der Waals surface area contributed by atoms with Crippen LogP contribution in [0.3, 0.4) is 0 Å². The Hall–Kier alpha value is -2.94. The van der Waals surface area contributed by atoms with Gasteiger partial charge < -0.3 is 23.8 Å². The molecule has 0 N–H and O–H groups in total. The Kier molecular flexibility index (Phi) is 11.8. The van der Waals surface area contributed by atoms with Crippen LogP contribution in [0.2, 0.25) is 0 Å². The molecule has 1 aliphatic rings. The third-order valence-corrected chi connectivity index (χ3v) is 7.26. The Morgan fingerprint density at radius 3 is 2.10 bits per heavy atom. The van der Waals surface area contributed by atoms with Gasteiger partial charge in [0.15, 0.2) is 6.79 Å². The van der Waals surface area contributed by atoms with E-state index in [2.05, 4.69) is 25.7 Å². The Morgan fingerprint density at radius 2 is 1.56 bits per heavy atom. The SMILES string of the molecule is CCCN1C(C)CC(OC(=O)C(OCOC(=O)OCCN(C)C)(c2ccccc2)c2ccccc2)CC1CC. The van der Waals surface area contributed by atoms with E-state index in [1.807, 2.05) is 79.7 Å². The molecular weight excluding hydrogens is 496 g/mol. The van der Waals surface area contributed by atoms with Crippen LogP contribution in [-0.4, -0.2) is 80.7 Å². The highest BCUT2D eigenvalue weighted by molar-refractivity contribution is 5.86. The Morgan fingerprint density at radius 1 is 0.949 bits per heavy atom. The van der Waals surface area contributed by atoms with Crippen LogP contribution in [0, 0.1) is 0 Å². The summed E-state index contributed by atoms with van der Waals surface area (Å²) in [4.78, 5) is 30.8. The van der Waals surface area contributed by atoms with Gasteiger partial charge in [0.2, 0.25) is 5.60 Å². The van der Waals surface area contributed by atoms with Crippen LogP contribution in [0.5, 0.6) is 0 Å². The van der Waals surface area contributed by atoms with Crippen molar-refractivity contribution in [3.63, 3.8) is 0 Å². The van der Waals surface area contributed by atoms with Gasteiger partial charge in [-0.2, -0.15) is 0 Å². The minimum Gasteiger partial charge on any atom is -0.460 e. The lowest BCUT2D eigenvalue weighted by Crippen LogP contribution is -2.52. The Balaban J connectivity index is 1.87. The van der Waals surface area contributed by atoms with Gasteiger partial charge in [0, 0.05) is 18.6 Å². The maximum Gasteiger partial charge on any atom is 0.510 e. The standard InChI is InChI=1S/C31H44N2O6/c1-6-18-33-24(3)21-28(22-27(33)7-2)39-29(34)31(25-14-10-8-11-15-25,26-16-12-9-13-17-26)38-23-37-30(35)36-20-19-32(4)5/h8-17,24,27-28H,6-7,18-23H2,1-5H3. The highest BCUT2D eigenvalue weighted by atomic mass is 16.8. The van der Waals surface area contributed by atoms with Crippen LogP contribution < -0.4 is 0 Å². The molecule has 1 aliphatic heterocycles. The first-order chi connectivity index (χ1) is 18.8. The van der Waals surface area contributed by atoms with Crippen molar-refractivity contribution in [2.24, 2.45) is 0 Å². The maximum atomic E-state index is 14.2. The Labute approximate surface area is 233 Å². The number of likely N-dealkylation sites (tertiary alicyclic amines) is 1. The first-order valence-electron chi connectivity index (χ1n) is 14.0. The second kappa shape index (κ2) is 15.0. The van der Waals surface area contributed by atoms with E-state index in [0.717, 1.165) is 32.2 Å². The number of carbonyl (C=O) groups excluding carboxylic acids is 2. The molecule has 0 spiro atoms. The third-order valence-electron chi connectivity index (χ3n) is 7.26. The van der Waals surface area contributed by atoms with Crippen LogP contribution in [0.1, 0.15) is 57.6 Å². The summed E-state index contributed by atoms with van der Waals surface area (Å²) in [7, 11) is 3.77. The normalized spacial score (nSPS) is 20.0. The van der Waals surface area contributed by atoms with Crippen LogP contribution in [-0.2, 0) is 29.3 Å². The van der Waals surface area contributed by atoms with Gasteiger partial charge in [-0.15, -0.1) is 0 Å². The zero-order valence-corrected chi connectivity index (χ0v) is 24.0. The molecule has 3 unspecified atom stereocenters. The first kappa shape index (κ1) is 30.6. The summed E-state index contributed by atoms with van der Waals surface area (Å²) < 4.78 is 22.9. The molecule has 2 aromatic rings. The van der Waals surface area contributed by atoms with Gasteiger partial charge >= 0.3 is 12.1 Å². The summed E-state index contributed by atoms with van der Waals surface area (Å²) >= 11 is 0. The van der Waals surface area contributed by atoms with E-state index in [0.29, 0.717) is 29.8 Å². The van der Waals surface area contributed by atoms with E-state index in [1.54, 1.807) is 0 Å². The average Bonchev–Trinajstić information content (AvgIpc) is 2.93. The number of likely N-dealkylation sites (N-methyl/N-ethyl adjacent to an activating group) is 1. The van der Waals surface area contributed by atoms with Gasteiger partial charge in [-0.1, -0.05) is 74.5 Å². The number of piperidine rings is 1. The fourth-order valence-electron chi connectivity index (χ4n) is 5.30. The number of rotatable bonds is 13. The molecule has 214 valence electrons. The zero-order chi connectivity index (χ0) is 28.3. The largest absolute Gasteiger partial charge is 0.510 e. The number of hydrogen-bond donors (Lipinski definition) is 0. The lowest BCUT2D eigenvalue weighted by atomic mass is 9.85.